The molecule has 0 saturated heterocycles. The highest BCUT2D eigenvalue weighted by atomic mass is 16.5. The summed E-state index contributed by atoms with van der Waals surface area (Å²) in [7, 11) is 1.67. The molecule has 1 aromatic carbocycles. The van der Waals surface area contributed by atoms with Gasteiger partial charge in [0.2, 0.25) is 5.95 Å². The number of nitrogens with zero attached hydrogens (tertiary/aromatic N) is 3. The summed E-state index contributed by atoms with van der Waals surface area (Å²) in [5, 5.41) is 0. The molecule has 1 aromatic heterocycles. The normalized spacial score (nSPS) is 11.4. The summed E-state index contributed by atoms with van der Waals surface area (Å²) in [5.74, 6) is 1.40. The van der Waals surface area contributed by atoms with Crippen molar-refractivity contribution in [1.82, 2.24) is 14.5 Å². The summed E-state index contributed by atoms with van der Waals surface area (Å²) >= 11 is 0. The molecule has 104 valence electrons. The molecule has 5 nitrogen and oxygen atoms in total. The fourth-order valence-corrected chi connectivity index (χ4v) is 2.26. The smallest absolute Gasteiger partial charge is 0.201 e. The lowest BCUT2D eigenvalue weighted by atomic mass is 10.3. The Morgan fingerprint density at radius 2 is 2.05 bits per heavy atom. The van der Waals surface area contributed by atoms with Crippen molar-refractivity contribution in [2.24, 2.45) is 0 Å². The SMILES string of the molecule is CCN(CC)CCn1c(N)nc2ccc(OC)cc21. The molecule has 2 rings (SSSR count). The summed E-state index contributed by atoms with van der Waals surface area (Å²) < 4.78 is 7.31. The van der Waals surface area contributed by atoms with E-state index in [-0.39, 0.29) is 0 Å². The van der Waals surface area contributed by atoms with Crippen LogP contribution in [0.4, 0.5) is 5.95 Å². The van der Waals surface area contributed by atoms with Gasteiger partial charge >= 0.3 is 0 Å². The van der Waals surface area contributed by atoms with Crippen LogP contribution < -0.4 is 10.5 Å². The second-order valence-electron chi connectivity index (χ2n) is 4.50. The van der Waals surface area contributed by atoms with Crippen molar-refractivity contribution in [3.63, 3.8) is 0 Å². The van der Waals surface area contributed by atoms with Crippen molar-refractivity contribution >= 4 is 17.0 Å². The average Bonchev–Trinajstić information content (AvgIpc) is 2.75. The van der Waals surface area contributed by atoms with Gasteiger partial charge in [0.1, 0.15) is 5.75 Å². The van der Waals surface area contributed by atoms with Crippen LogP contribution in [-0.4, -0.2) is 41.2 Å². The zero-order valence-corrected chi connectivity index (χ0v) is 11.9. The molecule has 2 aromatic rings. The standard InChI is InChI=1S/C14H22N4O/c1-4-17(5-2)8-9-18-13-10-11(19-3)6-7-12(13)16-14(18)15/h6-7,10H,4-5,8-9H2,1-3H3,(H2,15,16). The average molecular weight is 262 g/mol. The Hall–Kier alpha value is -1.75. The number of ether oxygens (including phenoxy) is 1. The molecule has 0 aliphatic rings. The lowest BCUT2D eigenvalue weighted by molar-refractivity contribution is 0.292. The van der Waals surface area contributed by atoms with E-state index in [1.165, 1.54) is 0 Å². The summed E-state index contributed by atoms with van der Waals surface area (Å²) in [6.07, 6.45) is 0. The number of nitrogen functional groups attached to an aromatic ring is 1. The van der Waals surface area contributed by atoms with Crippen molar-refractivity contribution < 1.29 is 4.74 Å². The van der Waals surface area contributed by atoms with E-state index >= 15 is 0 Å². The van der Waals surface area contributed by atoms with Crippen LogP contribution >= 0.6 is 0 Å². The first-order valence-electron chi connectivity index (χ1n) is 6.71. The predicted octanol–water partition coefficient (Wildman–Crippen LogP) is 1.97. The number of likely N-dealkylation sites (N-methyl/N-ethyl adjacent to an activating group) is 1. The largest absolute Gasteiger partial charge is 0.497 e. The van der Waals surface area contributed by atoms with E-state index < -0.39 is 0 Å². The number of anilines is 1. The van der Waals surface area contributed by atoms with Crippen LogP contribution in [0, 0.1) is 0 Å². The molecular weight excluding hydrogens is 240 g/mol. The molecule has 0 amide bonds. The van der Waals surface area contributed by atoms with Gasteiger partial charge in [-0.15, -0.1) is 0 Å². The Bertz CT molecular complexity index is 546. The van der Waals surface area contributed by atoms with Crippen LogP contribution in [0.25, 0.3) is 11.0 Å². The van der Waals surface area contributed by atoms with E-state index in [1.807, 2.05) is 18.2 Å². The number of fused-ring (bicyclic) bond motifs is 1. The van der Waals surface area contributed by atoms with Gasteiger partial charge in [0, 0.05) is 19.2 Å². The van der Waals surface area contributed by atoms with E-state index in [4.69, 9.17) is 10.5 Å². The van der Waals surface area contributed by atoms with Crippen LogP contribution in [-0.2, 0) is 6.54 Å². The Morgan fingerprint density at radius 1 is 1.32 bits per heavy atom. The molecule has 2 N–H and O–H groups in total. The fourth-order valence-electron chi connectivity index (χ4n) is 2.26. The number of hydrogen-bond acceptors (Lipinski definition) is 4. The van der Waals surface area contributed by atoms with Gasteiger partial charge in [-0.05, 0) is 25.2 Å². The Balaban J connectivity index is 2.28. The van der Waals surface area contributed by atoms with E-state index in [2.05, 4.69) is 28.3 Å². The topological polar surface area (TPSA) is 56.3 Å². The minimum atomic E-state index is 0.565. The molecule has 0 atom stereocenters. The van der Waals surface area contributed by atoms with Crippen molar-refractivity contribution in [3.8, 4) is 5.75 Å². The molecule has 0 fully saturated rings. The van der Waals surface area contributed by atoms with E-state index in [0.717, 1.165) is 43.0 Å². The zero-order chi connectivity index (χ0) is 13.8. The molecule has 0 spiro atoms. The number of aromatic nitrogens is 2. The van der Waals surface area contributed by atoms with E-state index in [1.54, 1.807) is 7.11 Å². The van der Waals surface area contributed by atoms with Gasteiger partial charge in [0.15, 0.2) is 0 Å². The van der Waals surface area contributed by atoms with Crippen LogP contribution in [0.2, 0.25) is 0 Å². The molecule has 19 heavy (non-hydrogen) atoms. The number of rotatable bonds is 6. The number of hydrogen-bond donors (Lipinski definition) is 1. The maximum Gasteiger partial charge on any atom is 0.201 e. The summed E-state index contributed by atoms with van der Waals surface area (Å²) in [4.78, 5) is 6.75. The van der Waals surface area contributed by atoms with Crippen molar-refractivity contribution in [2.45, 2.75) is 20.4 Å². The number of benzene rings is 1. The molecule has 0 unspecified atom stereocenters. The summed E-state index contributed by atoms with van der Waals surface area (Å²) in [5.41, 5.74) is 7.95. The third-order valence-electron chi connectivity index (χ3n) is 3.52. The van der Waals surface area contributed by atoms with Gasteiger partial charge in [-0.1, -0.05) is 13.8 Å². The molecule has 0 radical (unpaired) electrons. The zero-order valence-electron chi connectivity index (χ0n) is 11.9. The molecule has 0 aliphatic carbocycles. The molecule has 5 heteroatoms. The number of imidazole rings is 1. The minimum absolute atomic E-state index is 0.565. The molecular formula is C14H22N4O. The Labute approximate surface area is 114 Å². The minimum Gasteiger partial charge on any atom is -0.497 e. The van der Waals surface area contributed by atoms with Crippen LogP contribution in [0.3, 0.4) is 0 Å². The maximum absolute atomic E-state index is 6.01. The van der Waals surface area contributed by atoms with Gasteiger partial charge in [-0.2, -0.15) is 0 Å². The Morgan fingerprint density at radius 3 is 2.68 bits per heavy atom. The van der Waals surface area contributed by atoms with Crippen molar-refractivity contribution in [3.05, 3.63) is 18.2 Å². The van der Waals surface area contributed by atoms with Gasteiger partial charge in [-0.25, -0.2) is 4.98 Å². The fraction of sp³-hybridized carbons (Fsp3) is 0.500. The second-order valence-corrected chi connectivity index (χ2v) is 4.50. The third-order valence-corrected chi connectivity index (χ3v) is 3.52. The second kappa shape index (κ2) is 5.93. The molecule has 0 aliphatic heterocycles. The van der Waals surface area contributed by atoms with Gasteiger partial charge < -0.3 is 19.9 Å². The van der Waals surface area contributed by atoms with Gasteiger partial charge in [-0.3, -0.25) is 0 Å². The highest BCUT2D eigenvalue weighted by Gasteiger charge is 2.10. The summed E-state index contributed by atoms with van der Waals surface area (Å²) in [6, 6.07) is 5.84. The first-order valence-corrected chi connectivity index (χ1v) is 6.71. The van der Waals surface area contributed by atoms with Crippen molar-refractivity contribution in [1.29, 1.82) is 0 Å². The van der Waals surface area contributed by atoms with E-state index in [0.29, 0.717) is 5.95 Å². The highest BCUT2D eigenvalue weighted by Crippen LogP contribution is 2.22. The third kappa shape index (κ3) is 2.81. The number of methoxy groups -OCH3 is 1. The van der Waals surface area contributed by atoms with E-state index in [9.17, 15) is 0 Å². The quantitative estimate of drug-likeness (QED) is 0.864. The monoisotopic (exact) mass is 262 g/mol. The predicted molar refractivity (Wildman–Crippen MR) is 78.5 cm³/mol. The van der Waals surface area contributed by atoms with Crippen LogP contribution in [0.1, 0.15) is 13.8 Å². The maximum atomic E-state index is 6.01. The van der Waals surface area contributed by atoms with Crippen LogP contribution in [0.15, 0.2) is 18.2 Å². The lowest BCUT2D eigenvalue weighted by Crippen LogP contribution is -2.27. The molecule has 0 saturated carbocycles. The van der Waals surface area contributed by atoms with Gasteiger partial charge in [0.25, 0.3) is 0 Å². The first kappa shape index (κ1) is 13.7. The van der Waals surface area contributed by atoms with Crippen molar-refractivity contribution in [2.75, 3.05) is 32.5 Å². The molecule has 1 heterocycles. The first-order chi connectivity index (χ1) is 9.19. The summed E-state index contributed by atoms with van der Waals surface area (Å²) in [6.45, 7) is 8.25. The van der Waals surface area contributed by atoms with Crippen LogP contribution in [0.5, 0.6) is 5.75 Å². The lowest BCUT2D eigenvalue weighted by Gasteiger charge is -2.18. The van der Waals surface area contributed by atoms with Gasteiger partial charge in [0.05, 0.1) is 18.1 Å². The highest BCUT2D eigenvalue weighted by molar-refractivity contribution is 5.79. The number of nitrogens with two attached hydrogens (primary N) is 1. The molecule has 0 bridgehead atoms. The Kier molecular flexibility index (Phi) is 4.27.